The van der Waals surface area contributed by atoms with Crippen LogP contribution in [0.15, 0.2) is 12.1 Å². The van der Waals surface area contributed by atoms with Gasteiger partial charge in [-0.3, -0.25) is 0 Å². The summed E-state index contributed by atoms with van der Waals surface area (Å²) in [4.78, 5) is 0. The first kappa shape index (κ1) is 22.4. The topological polar surface area (TPSA) is 18.5 Å². The molecule has 0 N–H and O–H groups in total. The van der Waals surface area contributed by atoms with Crippen molar-refractivity contribution in [1.29, 1.82) is 0 Å². The van der Waals surface area contributed by atoms with Gasteiger partial charge in [0.15, 0.2) is 11.5 Å². The largest absolute Gasteiger partial charge is 0.490 e. The fourth-order valence-corrected chi connectivity index (χ4v) is 5.34. The summed E-state index contributed by atoms with van der Waals surface area (Å²) in [6, 6.07) is 2.96. The van der Waals surface area contributed by atoms with Crippen molar-refractivity contribution in [3.8, 4) is 11.5 Å². The summed E-state index contributed by atoms with van der Waals surface area (Å²) >= 11 is 0. The lowest BCUT2D eigenvalue weighted by Crippen LogP contribution is -2.27. The van der Waals surface area contributed by atoms with Crippen LogP contribution in [-0.2, 0) is 0 Å². The van der Waals surface area contributed by atoms with Crippen LogP contribution in [0.3, 0.4) is 0 Å². The summed E-state index contributed by atoms with van der Waals surface area (Å²) in [7, 11) is 0. The van der Waals surface area contributed by atoms with Crippen LogP contribution in [0, 0.1) is 35.3 Å². The lowest BCUT2D eigenvalue weighted by molar-refractivity contribution is 0.120. The maximum absolute atomic E-state index is 14.3. The predicted molar refractivity (Wildman–Crippen MR) is 113 cm³/mol. The molecule has 1 aromatic rings. The van der Waals surface area contributed by atoms with Gasteiger partial charge in [-0.25, -0.2) is 0 Å². The summed E-state index contributed by atoms with van der Waals surface area (Å²) in [5.41, 5.74) is 0. The Kier molecular flexibility index (Phi) is 8.62. The molecule has 1 aromatic carbocycles. The standard InChI is InChI=1S/C25H38F2O2/c1-3-5-18-6-10-20(11-7-18)21-12-8-19(9-13-21)17-29-23-15-14-22(28-16-4-2)24(26)25(23)27/h14-15,18-21H,3-13,16-17H2,1-2H3/t18-,19?,20-,21?. The van der Waals surface area contributed by atoms with Crippen molar-refractivity contribution in [2.45, 2.75) is 84.5 Å². The molecule has 2 saturated carbocycles. The SMILES string of the molecule is CCCOc1ccc(OCC2CCC([C@H]3CC[C@H](CCC)CC3)CC2)c(F)c1F. The van der Waals surface area contributed by atoms with Gasteiger partial charge in [0, 0.05) is 0 Å². The molecular weight excluding hydrogens is 370 g/mol. The summed E-state index contributed by atoms with van der Waals surface area (Å²) in [6.07, 6.45) is 13.9. The minimum Gasteiger partial charge on any atom is -0.490 e. The number of ether oxygens (including phenoxy) is 2. The van der Waals surface area contributed by atoms with E-state index in [0.29, 0.717) is 19.1 Å². The van der Waals surface area contributed by atoms with Crippen molar-refractivity contribution in [2.24, 2.45) is 23.7 Å². The van der Waals surface area contributed by atoms with Crippen molar-refractivity contribution in [1.82, 2.24) is 0 Å². The van der Waals surface area contributed by atoms with Gasteiger partial charge in [0.1, 0.15) is 0 Å². The van der Waals surface area contributed by atoms with Crippen molar-refractivity contribution >= 4 is 0 Å². The van der Waals surface area contributed by atoms with Crippen molar-refractivity contribution < 1.29 is 18.3 Å². The maximum Gasteiger partial charge on any atom is 0.204 e. The smallest absolute Gasteiger partial charge is 0.204 e. The molecule has 2 aliphatic carbocycles. The van der Waals surface area contributed by atoms with Gasteiger partial charge in [-0.05, 0) is 80.8 Å². The molecule has 2 nitrogen and oxygen atoms in total. The van der Waals surface area contributed by atoms with Gasteiger partial charge in [-0.1, -0.05) is 39.5 Å². The average Bonchev–Trinajstić information content (AvgIpc) is 2.75. The molecule has 29 heavy (non-hydrogen) atoms. The van der Waals surface area contributed by atoms with Crippen LogP contribution < -0.4 is 9.47 Å². The lowest BCUT2D eigenvalue weighted by atomic mass is 9.69. The highest BCUT2D eigenvalue weighted by molar-refractivity contribution is 5.35. The Morgan fingerprint density at radius 1 is 0.724 bits per heavy atom. The van der Waals surface area contributed by atoms with E-state index in [2.05, 4.69) is 6.92 Å². The second-order valence-corrected chi connectivity index (χ2v) is 9.20. The van der Waals surface area contributed by atoms with Gasteiger partial charge >= 0.3 is 0 Å². The van der Waals surface area contributed by atoms with Crippen LogP contribution in [0.1, 0.15) is 84.5 Å². The molecule has 0 radical (unpaired) electrons. The maximum atomic E-state index is 14.3. The van der Waals surface area contributed by atoms with Crippen LogP contribution in [-0.4, -0.2) is 13.2 Å². The molecule has 0 spiro atoms. The first-order chi connectivity index (χ1) is 14.1. The molecule has 0 atom stereocenters. The van der Waals surface area contributed by atoms with Crippen molar-refractivity contribution in [3.63, 3.8) is 0 Å². The summed E-state index contributed by atoms with van der Waals surface area (Å²) < 4.78 is 39.3. The van der Waals surface area contributed by atoms with Crippen LogP contribution in [0.4, 0.5) is 8.78 Å². The first-order valence-corrected chi connectivity index (χ1v) is 11.9. The Hall–Kier alpha value is -1.32. The van der Waals surface area contributed by atoms with E-state index in [4.69, 9.17) is 9.47 Å². The minimum atomic E-state index is -0.946. The van der Waals surface area contributed by atoms with Gasteiger partial charge in [0.2, 0.25) is 11.6 Å². The molecule has 2 aliphatic rings. The third-order valence-corrected chi connectivity index (χ3v) is 7.09. The minimum absolute atomic E-state index is 0.00252. The van der Waals surface area contributed by atoms with E-state index in [1.807, 2.05) is 6.92 Å². The van der Waals surface area contributed by atoms with Crippen LogP contribution in [0.25, 0.3) is 0 Å². The molecule has 0 unspecified atom stereocenters. The molecule has 0 heterocycles. The fourth-order valence-electron chi connectivity index (χ4n) is 5.34. The van der Waals surface area contributed by atoms with E-state index in [-0.39, 0.29) is 11.5 Å². The Morgan fingerprint density at radius 2 is 1.24 bits per heavy atom. The van der Waals surface area contributed by atoms with Gasteiger partial charge < -0.3 is 9.47 Å². The highest BCUT2D eigenvalue weighted by Crippen LogP contribution is 2.42. The Bertz CT molecular complexity index is 617. The van der Waals surface area contributed by atoms with E-state index < -0.39 is 11.6 Å². The number of halogens is 2. The number of rotatable bonds is 9. The zero-order valence-electron chi connectivity index (χ0n) is 18.2. The van der Waals surface area contributed by atoms with E-state index in [0.717, 1.165) is 37.0 Å². The van der Waals surface area contributed by atoms with E-state index in [1.165, 1.54) is 63.5 Å². The molecule has 4 heteroatoms. The van der Waals surface area contributed by atoms with Gasteiger partial charge in [-0.15, -0.1) is 0 Å². The number of benzene rings is 1. The number of hydrogen-bond donors (Lipinski definition) is 0. The Morgan fingerprint density at radius 3 is 1.76 bits per heavy atom. The second kappa shape index (κ2) is 11.2. The monoisotopic (exact) mass is 408 g/mol. The normalized spacial score (nSPS) is 27.6. The summed E-state index contributed by atoms with van der Waals surface area (Å²) in [6.45, 7) is 5.07. The molecule has 0 bridgehead atoms. The van der Waals surface area contributed by atoms with E-state index >= 15 is 0 Å². The zero-order valence-corrected chi connectivity index (χ0v) is 18.2. The first-order valence-electron chi connectivity index (χ1n) is 11.9. The van der Waals surface area contributed by atoms with E-state index in [1.54, 1.807) is 0 Å². The second-order valence-electron chi connectivity index (χ2n) is 9.20. The number of hydrogen-bond acceptors (Lipinski definition) is 2. The predicted octanol–water partition coefficient (Wildman–Crippen LogP) is 7.55. The lowest BCUT2D eigenvalue weighted by Gasteiger charge is -2.37. The molecule has 0 amide bonds. The average molecular weight is 409 g/mol. The van der Waals surface area contributed by atoms with Crippen LogP contribution >= 0.6 is 0 Å². The highest BCUT2D eigenvalue weighted by atomic mass is 19.2. The molecule has 0 aliphatic heterocycles. The van der Waals surface area contributed by atoms with Gasteiger partial charge in [-0.2, -0.15) is 8.78 Å². The zero-order chi connectivity index (χ0) is 20.6. The molecule has 0 aromatic heterocycles. The molecular formula is C25H38F2O2. The Labute approximate surface area is 175 Å². The fraction of sp³-hybridized carbons (Fsp3) is 0.760. The Balaban J connectivity index is 1.42. The van der Waals surface area contributed by atoms with Crippen LogP contribution in [0.5, 0.6) is 11.5 Å². The molecule has 0 saturated heterocycles. The van der Waals surface area contributed by atoms with Gasteiger partial charge in [0.25, 0.3) is 0 Å². The molecule has 164 valence electrons. The van der Waals surface area contributed by atoms with E-state index in [9.17, 15) is 8.78 Å². The van der Waals surface area contributed by atoms with Gasteiger partial charge in [0.05, 0.1) is 13.2 Å². The summed E-state index contributed by atoms with van der Waals surface area (Å²) in [5, 5.41) is 0. The van der Waals surface area contributed by atoms with Crippen molar-refractivity contribution in [2.75, 3.05) is 13.2 Å². The third kappa shape index (κ3) is 6.08. The quantitative estimate of drug-likeness (QED) is 0.420. The highest BCUT2D eigenvalue weighted by Gasteiger charge is 2.31. The molecule has 3 rings (SSSR count). The summed E-state index contributed by atoms with van der Waals surface area (Å²) in [5.74, 6) is 1.27. The van der Waals surface area contributed by atoms with Crippen LogP contribution in [0.2, 0.25) is 0 Å². The molecule has 2 fully saturated rings. The third-order valence-electron chi connectivity index (χ3n) is 7.09. The van der Waals surface area contributed by atoms with Crippen molar-refractivity contribution in [3.05, 3.63) is 23.8 Å².